The van der Waals surface area contributed by atoms with Gasteiger partial charge in [-0.05, 0) is 30.3 Å². The van der Waals surface area contributed by atoms with E-state index in [0.29, 0.717) is 12.1 Å². The Hall–Kier alpha value is -2.26. The zero-order valence-electron chi connectivity index (χ0n) is 11.0. The fourth-order valence-corrected chi connectivity index (χ4v) is 2.98. The Kier molecular flexibility index (Phi) is 4.57. The number of sulfonamides is 1. The maximum Gasteiger partial charge on any atom is 0.305 e. The minimum absolute atomic E-state index is 0.0913. The molecule has 2 N–H and O–H groups in total. The number of rotatable bonds is 6. The molecule has 9 heteroatoms. The van der Waals surface area contributed by atoms with Crippen LogP contribution in [0.15, 0.2) is 45.9 Å². The van der Waals surface area contributed by atoms with Crippen LogP contribution in [0, 0.1) is 11.6 Å². The molecule has 2 rings (SSSR count). The molecule has 0 aliphatic carbocycles. The minimum atomic E-state index is -4.25. The van der Waals surface area contributed by atoms with E-state index in [0.717, 1.165) is 6.07 Å². The van der Waals surface area contributed by atoms with Crippen molar-refractivity contribution >= 4 is 16.0 Å². The SMILES string of the molecule is O=C(O)CC(NS(=O)(=O)c1ccc(F)c(F)c1)c1ccco1. The van der Waals surface area contributed by atoms with Gasteiger partial charge in [-0.1, -0.05) is 0 Å². The molecular formula is C13H11F2NO5S. The third kappa shape index (κ3) is 3.68. The van der Waals surface area contributed by atoms with Gasteiger partial charge in [-0.25, -0.2) is 17.2 Å². The van der Waals surface area contributed by atoms with Crippen LogP contribution < -0.4 is 4.72 Å². The van der Waals surface area contributed by atoms with E-state index in [1.165, 1.54) is 18.4 Å². The van der Waals surface area contributed by atoms with Crippen molar-refractivity contribution in [2.75, 3.05) is 0 Å². The lowest BCUT2D eigenvalue weighted by Crippen LogP contribution is -2.30. The first-order chi connectivity index (χ1) is 10.3. The number of halogens is 2. The normalized spacial score (nSPS) is 13.0. The van der Waals surface area contributed by atoms with Gasteiger partial charge in [0.1, 0.15) is 5.76 Å². The summed E-state index contributed by atoms with van der Waals surface area (Å²) in [7, 11) is -4.25. The first kappa shape index (κ1) is 16.1. The molecule has 6 nitrogen and oxygen atoms in total. The van der Waals surface area contributed by atoms with Crippen molar-refractivity contribution < 1.29 is 31.5 Å². The second-order valence-electron chi connectivity index (χ2n) is 4.36. The van der Waals surface area contributed by atoms with Gasteiger partial charge < -0.3 is 9.52 Å². The van der Waals surface area contributed by atoms with Crippen LogP contribution in [0.1, 0.15) is 18.2 Å². The molecule has 0 fully saturated rings. The molecule has 0 bridgehead atoms. The highest BCUT2D eigenvalue weighted by atomic mass is 32.2. The van der Waals surface area contributed by atoms with Crippen LogP contribution >= 0.6 is 0 Å². The summed E-state index contributed by atoms with van der Waals surface area (Å²) in [6.45, 7) is 0. The quantitative estimate of drug-likeness (QED) is 0.844. The van der Waals surface area contributed by atoms with Gasteiger partial charge in [-0.3, -0.25) is 4.79 Å². The number of furan rings is 1. The lowest BCUT2D eigenvalue weighted by atomic mass is 10.2. The lowest BCUT2D eigenvalue weighted by molar-refractivity contribution is -0.137. The summed E-state index contributed by atoms with van der Waals surface area (Å²) in [5.41, 5.74) is 0. The molecule has 0 saturated heterocycles. The Morgan fingerprint density at radius 1 is 1.27 bits per heavy atom. The van der Waals surface area contributed by atoms with Crippen molar-refractivity contribution in [2.45, 2.75) is 17.4 Å². The van der Waals surface area contributed by atoms with Crippen molar-refractivity contribution in [3.8, 4) is 0 Å². The van der Waals surface area contributed by atoms with Crippen LogP contribution in [-0.2, 0) is 14.8 Å². The molecule has 2 aromatic rings. The van der Waals surface area contributed by atoms with Crippen molar-refractivity contribution in [2.24, 2.45) is 0 Å². The second-order valence-corrected chi connectivity index (χ2v) is 6.08. The summed E-state index contributed by atoms with van der Waals surface area (Å²) in [4.78, 5) is 10.3. The average Bonchev–Trinajstić information content (AvgIpc) is 2.94. The van der Waals surface area contributed by atoms with Crippen LogP contribution in [0.5, 0.6) is 0 Å². The summed E-state index contributed by atoms with van der Waals surface area (Å²) in [5, 5.41) is 8.84. The molecule has 0 aliphatic rings. The van der Waals surface area contributed by atoms with Crippen LogP contribution in [0.2, 0.25) is 0 Å². The van der Waals surface area contributed by atoms with Gasteiger partial charge in [0.15, 0.2) is 11.6 Å². The van der Waals surface area contributed by atoms with Crippen molar-refractivity contribution in [1.29, 1.82) is 0 Å². The third-order valence-electron chi connectivity index (χ3n) is 2.76. The molecule has 0 amide bonds. The molecule has 0 saturated carbocycles. The molecule has 118 valence electrons. The topological polar surface area (TPSA) is 96.6 Å². The van der Waals surface area contributed by atoms with Gasteiger partial charge in [0, 0.05) is 0 Å². The molecule has 0 aliphatic heterocycles. The highest BCUT2D eigenvalue weighted by Gasteiger charge is 2.26. The lowest BCUT2D eigenvalue weighted by Gasteiger charge is -2.15. The molecular weight excluding hydrogens is 320 g/mol. The Balaban J connectivity index is 2.31. The van der Waals surface area contributed by atoms with Gasteiger partial charge in [0.25, 0.3) is 0 Å². The molecule has 1 aromatic carbocycles. The van der Waals surface area contributed by atoms with Gasteiger partial charge in [-0.2, -0.15) is 4.72 Å². The van der Waals surface area contributed by atoms with E-state index in [9.17, 15) is 22.0 Å². The van der Waals surface area contributed by atoms with Crippen LogP contribution in [0.3, 0.4) is 0 Å². The number of carboxylic acids is 1. The standard InChI is InChI=1S/C13H11F2NO5S/c14-9-4-3-8(6-10(9)15)22(19,20)16-11(7-13(17)18)12-2-1-5-21-12/h1-6,11,16H,7H2,(H,17,18). The fourth-order valence-electron chi connectivity index (χ4n) is 1.76. The van der Waals surface area contributed by atoms with Crippen molar-refractivity contribution in [3.05, 3.63) is 54.0 Å². The molecule has 0 spiro atoms. The minimum Gasteiger partial charge on any atom is -0.481 e. The van der Waals surface area contributed by atoms with Gasteiger partial charge in [-0.15, -0.1) is 0 Å². The number of hydrogen-bond donors (Lipinski definition) is 2. The Labute approximate surface area is 124 Å². The number of carbonyl (C=O) groups is 1. The summed E-state index contributed by atoms with van der Waals surface area (Å²) < 4.78 is 57.4. The third-order valence-corrected chi connectivity index (χ3v) is 4.23. The predicted octanol–water partition coefficient (Wildman–Crippen LogP) is 2.05. The van der Waals surface area contributed by atoms with E-state index < -0.39 is 45.0 Å². The maximum atomic E-state index is 13.2. The van der Waals surface area contributed by atoms with E-state index in [1.807, 2.05) is 0 Å². The van der Waals surface area contributed by atoms with E-state index >= 15 is 0 Å². The molecule has 1 aromatic heterocycles. The molecule has 1 unspecified atom stereocenters. The first-order valence-corrected chi connectivity index (χ1v) is 7.50. The smallest absolute Gasteiger partial charge is 0.305 e. The van der Waals surface area contributed by atoms with E-state index in [4.69, 9.17) is 9.52 Å². The highest BCUT2D eigenvalue weighted by Crippen LogP contribution is 2.21. The predicted molar refractivity (Wildman–Crippen MR) is 70.4 cm³/mol. The maximum absolute atomic E-state index is 13.2. The van der Waals surface area contributed by atoms with Gasteiger partial charge in [0.05, 0.1) is 23.6 Å². The second kappa shape index (κ2) is 6.24. The number of aliphatic carboxylic acids is 1. The van der Waals surface area contributed by atoms with Gasteiger partial charge >= 0.3 is 5.97 Å². The number of nitrogens with one attached hydrogen (secondary N) is 1. The Morgan fingerprint density at radius 2 is 2.00 bits per heavy atom. The average molecular weight is 331 g/mol. The summed E-state index contributed by atoms with van der Waals surface area (Å²) in [5.74, 6) is -3.68. The molecule has 1 atom stereocenters. The monoisotopic (exact) mass is 331 g/mol. The molecule has 0 radical (unpaired) electrons. The largest absolute Gasteiger partial charge is 0.481 e. The Morgan fingerprint density at radius 3 is 2.55 bits per heavy atom. The summed E-state index contributed by atoms with van der Waals surface area (Å²) in [6.07, 6.45) is 0.687. The number of benzene rings is 1. The zero-order chi connectivity index (χ0) is 16.3. The first-order valence-electron chi connectivity index (χ1n) is 6.02. The van der Waals surface area contributed by atoms with Crippen molar-refractivity contribution in [3.63, 3.8) is 0 Å². The van der Waals surface area contributed by atoms with E-state index in [1.54, 1.807) is 0 Å². The van der Waals surface area contributed by atoms with Crippen molar-refractivity contribution in [1.82, 2.24) is 4.72 Å². The highest BCUT2D eigenvalue weighted by molar-refractivity contribution is 7.89. The number of carboxylic acid groups (broad SMARTS) is 1. The van der Waals surface area contributed by atoms with Gasteiger partial charge in [0.2, 0.25) is 10.0 Å². The van der Waals surface area contributed by atoms with E-state index in [-0.39, 0.29) is 5.76 Å². The van der Waals surface area contributed by atoms with E-state index in [2.05, 4.69) is 4.72 Å². The summed E-state index contributed by atoms with van der Waals surface area (Å²) >= 11 is 0. The Bertz CT molecular complexity index is 774. The molecule has 22 heavy (non-hydrogen) atoms. The summed E-state index contributed by atoms with van der Waals surface area (Å²) in [6, 6.07) is 3.75. The molecule has 1 heterocycles. The van der Waals surface area contributed by atoms with Crippen LogP contribution in [0.4, 0.5) is 8.78 Å². The zero-order valence-corrected chi connectivity index (χ0v) is 11.8. The fraction of sp³-hybridized carbons (Fsp3) is 0.154. The van der Waals surface area contributed by atoms with Crippen LogP contribution in [0.25, 0.3) is 0 Å². The number of hydrogen-bond acceptors (Lipinski definition) is 4. The van der Waals surface area contributed by atoms with Crippen LogP contribution in [-0.4, -0.2) is 19.5 Å².